The van der Waals surface area contributed by atoms with Gasteiger partial charge in [-0.2, -0.15) is 0 Å². The van der Waals surface area contributed by atoms with E-state index in [9.17, 15) is 19.1 Å². The topological polar surface area (TPSA) is 88.1 Å². The van der Waals surface area contributed by atoms with Gasteiger partial charge in [0.2, 0.25) is 0 Å². The number of aliphatic carboxylic acids is 1. The molecule has 1 fully saturated rings. The highest BCUT2D eigenvalue weighted by Gasteiger charge is 2.30. The molecule has 1 unspecified atom stereocenters. The maximum atomic E-state index is 14.1. The largest absolute Gasteiger partial charge is 0.480 e. The van der Waals surface area contributed by atoms with E-state index in [-0.39, 0.29) is 18.9 Å². The summed E-state index contributed by atoms with van der Waals surface area (Å²) in [6.45, 7) is 2.39. The summed E-state index contributed by atoms with van der Waals surface area (Å²) in [5.41, 5.74) is 5.58. The van der Waals surface area contributed by atoms with Crippen molar-refractivity contribution in [3.05, 3.63) is 89.2 Å². The molecule has 186 valence electrons. The van der Waals surface area contributed by atoms with E-state index in [0.29, 0.717) is 31.9 Å². The SMILES string of the molecule is O=C(NC(Cc1cc(F)ccc1N1CCOCC1)C(=O)O)OCC1c2ccccc2-c2ccccc21. The highest BCUT2D eigenvalue weighted by molar-refractivity contribution is 5.81. The number of rotatable bonds is 7. The number of hydrogen-bond donors (Lipinski definition) is 2. The van der Waals surface area contributed by atoms with Crippen LogP contribution < -0.4 is 10.2 Å². The third-order valence-corrected chi connectivity index (χ3v) is 6.75. The van der Waals surface area contributed by atoms with Crippen molar-refractivity contribution < 1.29 is 28.6 Å². The van der Waals surface area contributed by atoms with E-state index in [4.69, 9.17) is 9.47 Å². The van der Waals surface area contributed by atoms with E-state index in [1.807, 2.05) is 53.4 Å². The van der Waals surface area contributed by atoms with Crippen molar-refractivity contribution in [1.29, 1.82) is 0 Å². The normalized spacial score (nSPS) is 15.6. The predicted molar refractivity (Wildman–Crippen MR) is 133 cm³/mol. The number of carboxylic acids is 1. The first kappa shape index (κ1) is 23.8. The Morgan fingerprint density at radius 1 is 1.03 bits per heavy atom. The number of nitrogens with one attached hydrogen (secondary N) is 1. The van der Waals surface area contributed by atoms with Gasteiger partial charge in [0.1, 0.15) is 18.5 Å². The van der Waals surface area contributed by atoms with E-state index >= 15 is 0 Å². The molecule has 1 amide bonds. The van der Waals surface area contributed by atoms with Gasteiger partial charge in [-0.25, -0.2) is 14.0 Å². The van der Waals surface area contributed by atoms with Crippen LogP contribution in [0.25, 0.3) is 11.1 Å². The highest BCUT2D eigenvalue weighted by Crippen LogP contribution is 2.44. The lowest BCUT2D eigenvalue weighted by molar-refractivity contribution is -0.139. The third kappa shape index (κ3) is 4.90. The molecule has 2 N–H and O–H groups in total. The second kappa shape index (κ2) is 10.4. The minimum Gasteiger partial charge on any atom is -0.480 e. The summed E-state index contributed by atoms with van der Waals surface area (Å²) in [7, 11) is 0. The molecule has 3 aromatic rings. The van der Waals surface area contributed by atoms with Crippen LogP contribution in [0, 0.1) is 5.82 Å². The van der Waals surface area contributed by atoms with Gasteiger partial charge in [0, 0.05) is 31.1 Å². The van der Waals surface area contributed by atoms with Gasteiger partial charge in [0.05, 0.1) is 13.2 Å². The van der Waals surface area contributed by atoms with Gasteiger partial charge in [-0.15, -0.1) is 0 Å². The average molecular weight is 491 g/mol. The van der Waals surface area contributed by atoms with Gasteiger partial charge in [0.25, 0.3) is 0 Å². The number of amides is 1. The Bertz CT molecular complexity index is 1230. The fourth-order valence-electron chi connectivity index (χ4n) is 5.03. The van der Waals surface area contributed by atoms with Crippen molar-refractivity contribution >= 4 is 17.7 Å². The molecule has 1 aliphatic heterocycles. The summed E-state index contributed by atoms with van der Waals surface area (Å²) in [5, 5.41) is 12.3. The molecule has 1 heterocycles. The third-order valence-electron chi connectivity index (χ3n) is 6.75. The van der Waals surface area contributed by atoms with Crippen molar-refractivity contribution in [2.24, 2.45) is 0 Å². The van der Waals surface area contributed by atoms with Crippen LogP contribution in [-0.2, 0) is 20.7 Å². The molecule has 0 aromatic heterocycles. The molecule has 0 bridgehead atoms. The Morgan fingerprint density at radius 2 is 1.67 bits per heavy atom. The van der Waals surface area contributed by atoms with Gasteiger partial charge in [-0.05, 0) is 46.0 Å². The van der Waals surface area contributed by atoms with Crippen LogP contribution in [0.4, 0.5) is 14.9 Å². The zero-order valence-electron chi connectivity index (χ0n) is 19.7. The van der Waals surface area contributed by atoms with Crippen molar-refractivity contribution in [3.8, 4) is 11.1 Å². The summed E-state index contributed by atoms with van der Waals surface area (Å²) in [6, 6.07) is 19.0. The Morgan fingerprint density at radius 3 is 2.31 bits per heavy atom. The number of carbonyl (C=O) groups excluding carboxylic acids is 1. The van der Waals surface area contributed by atoms with Crippen molar-refractivity contribution in [1.82, 2.24) is 5.32 Å². The fourth-order valence-corrected chi connectivity index (χ4v) is 5.03. The molecule has 0 saturated carbocycles. The van der Waals surface area contributed by atoms with E-state index in [2.05, 4.69) is 5.32 Å². The number of ether oxygens (including phenoxy) is 2. The molecule has 1 aliphatic carbocycles. The standard InChI is InChI=1S/C28H27FN2O5/c29-19-9-10-26(31-11-13-35-14-12-31)18(15-19)16-25(27(32)33)30-28(34)36-17-24-22-7-3-1-5-20(22)21-6-2-4-8-23(21)24/h1-10,15,24-25H,11-14,16-17H2,(H,30,34)(H,32,33). The summed E-state index contributed by atoms with van der Waals surface area (Å²) in [5.74, 6) is -1.82. The lowest BCUT2D eigenvalue weighted by Crippen LogP contribution is -2.43. The molecule has 7 nitrogen and oxygen atoms in total. The zero-order valence-corrected chi connectivity index (χ0v) is 19.7. The molecule has 2 aliphatic rings. The quantitative estimate of drug-likeness (QED) is 0.516. The minimum absolute atomic E-state index is 0.0746. The molecule has 1 saturated heterocycles. The zero-order chi connectivity index (χ0) is 25.1. The number of anilines is 1. The molecule has 0 spiro atoms. The molecular formula is C28H27FN2O5. The summed E-state index contributed by atoms with van der Waals surface area (Å²) >= 11 is 0. The maximum absolute atomic E-state index is 14.1. The summed E-state index contributed by atoms with van der Waals surface area (Å²) < 4.78 is 25.0. The number of carboxylic acid groups (broad SMARTS) is 1. The van der Waals surface area contributed by atoms with Crippen molar-refractivity contribution in [2.75, 3.05) is 37.8 Å². The predicted octanol–water partition coefficient (Wildman–Crippen LogP) is 4.20. The molecule has 8 heteroatoms. The van der Waals surface area contributed by atoms with E-state index in [1.165, 1.54) is 12.1 Å². The monoisotopic (exact) mass is 490 g/mol. The first-order chi connectivity index (χ1) is 17.5. The van der Waals surface area contributed by atoms with Gasteiger partial charge in [-0.3, -0.25) is 0 Å². The minimum atomic E-state index is -1.28. The Hall–Kier alpha value is -3.91. The molecule has 3 aromatic carbocycles. The van der Waals surface area contributed by atoms with Gasteiger partial charge in [0.15, 0.2) is 0 Å². The lowest BCUT2D eigenvalue weighted by atomic mass is 9.98. The van der Waals surface area contributed by atoms with Crippen molar-refractivity contribution in [3.63, 3.8) is 0 Å². The smallest absolute Gasteiger partial charge is 0.407 e. The number of morpholine rings is 1. The molecule has 36 heavy (non-hydrogen) atoms. The number of halogens is 1. The maximum Gasteiger partial charge on any atom is 0.407 e. The number of alkyl carbamates (subject to hydrolysis) is 1. The lowest BCUT2D eigenvalue weighted by Gasteiger charge is -2.31. The number of hydrogen-bond acceptors (Lipinski definition) is 5. The molecule has 1 atom stereocenters. The summed E-state index contributed by atoms with van der Waals surface area (Å²) in [4.78, 5) is 26.7. The number of nitrogens with zero attached hydrogens (tertiary/aromatic N) is 1. The average Bonchev–Trinajstić information content (AvgIpc) is 3.21. The first-order valence-electron chi connectivity index (χ1n) is 12.0. The van der Waals surface area contributed by atoms with Crippen LogP contribution in [0.1, 0.15) is 22.6 Å². The number of benzene rings is 3. The van der Waals surface area contributed by atoms with Crippen LogP contribution in [0.5, 0.6) is 0 Å². The van der Waals surface area contributed by atoms with E-state index < -0.39 is 23.9 Å². The second-order valence-electron chi connectivity index (χ2n) is 8.94. The molecule has 0 radical (unpaired) electrons. The fraction of sp³-hybridized carbons (Fsp3) is 0.286. The first-order valence-corrected chi connectivity index (χ1v) is 12.0. The summed E-state index contributed by atoms with van der Waals surface area (Å²) in [6.07, 6.45) is -0.905. The Kier molecular flexibility index (Phi) is 6.86. The van der Waals surface area contributed by atoms with Crippen molar-refractivity contribution in [2.45, 2.75) is 18.4 Å². The molecular weight excluding hydrogens is 463 g/mol. The number of carbonyl (C=O) groups is 2. The second-order valence-corrected chi connectivity index (χ2v) is 8.94. The van der Waals surface area contributed by atoms with Gasteiger partial charge < -0.3 is 24.8 Å². The van der Waals surface area contributed by atoms with E-state index in [0.717, 1.165) is 27.9 Å². The van der Waals surface area contributed by atoms with Crippen LogP contribution in [0.2, 0.25) is 0 Å². The number of fused-ring (bicyclic) bond motifs is 3. The van der Waals surface area contributed by atoms with E-state index in [1.54, 1.807) is 6.07 Å². The van der Waals surface area contributed by atoms with Gasteiger partial charge >= 0.3 is 12.1 Å². The van der Waals surface area contributed by atoms with Crippen LogP contribution in [0.15, 0.2) is 66.7 Å². The Balaban J connectivity index is 1.28. The van der Waals surface area contributed by atoms with Gasteiger partial charge in [-0.1, -0.05) is 48.5 Å². The van der Waals surface area contributed by atoms with Crippen LogP contribution in [0.3, 0.4) is 0 Å². The molecule has 5 rings (SSSR count). The van der Waals surface area contributed by atoms with Crippen LogP contribution in [-0.4, -0.2) is 56.1 Å². The van der Waals surface area contributed by atoms with Crippen LogP contribution >= 0.6 is 0 Å². The Labute approximate surface area is 208 Å². The highest BCUT2D eigenvalue weighted by atomic mass is 19.1.